The first-order valence-corrected chi connectivity index (χ1v) is 8.59. The molecular formula is C18H23FN8O2. The maximum absolute atomic E-state index is 14.4. The Morgan fingerprint density at radius 3 is 2.79 bits per heavy atom. The van der Waals surface area contributed by atoms with E-state index in [-0.39, 0.29) is 36.4 Å². The third-order valence-electron chi connectivity index (χ3n) is 3.70. The van der Waals surface area contributed by atoms with E-state index in [1.165, 1.54) is 13.3 Å². The Bertz CT molecular complexity index is 890. The number of methoxy groups -OCH3 is 1. The highest BCUT2D eigenvalue weighted by molar-refractivity contribution is 6.14. The number of halogens is 1. The highest BCUT2D eigenvalue weighted by atomic mass is 19.1. The van der Waals surface area contributed by atoms with Gasteiger partial charge in [-0.3, -0.25) is 10.2 Å². The number of rotatable bonds is 11. The van der Waals surface area contributed by atoms with Crippen LogP contribution in [0.1, 0.15) is 10.4 Å². The number of pyridine rings is 1. The Labute approximate surface area is 167 Å². The van der Waals surface area contributed by atoms with Crippen molar-refractivity contribution in [2.45, 2.75) is 6.04 Å². The van der Waals surface area contributed by atoms with Crippen molar-refractivity contribution in [3.63, 3.8) is 0 Å². The molecule has 8 N–H and O–H groups in total. The number of nitrogens with one attached hydrogen (secondary N) is 4. The molecule has 1 atom stereocenters. The molecule has 0 aliphatic rings. The highest BCUT2D eigenvalue weighted by Crippen LogP contribution is 2.25. The van der Waals surface area contributed by atoms with Crippen LogP contribution in [-0.2, 0) is 4.74 Å². The van der Waals surface area contributed by atoms with Crippen LogP contribution in [0.25, 0.3) is 0 Å². The minimum Gasteiger partial charge on any atom is -0.383 e. The first kappa shape index (κ1) is 21.7. The molecule has 10 nitrogen and oxygen atoms in total. The minimum atomic E-state index is -0.831. The predicted molar refractivity (Wildman–Crippen MR) is 112 cm³/mol. The second-order valence-corrected chi connectivity index (χ2v) is 5.87. The summed E-state index contributed by atoms with van der Waals surface area (Å²) in [6.45, 7) is 0.446. The number of nitrogens with two attached hydrogens (primary N) is 2. The second-order valence-electron chi connectivity index (χ2n) is 5.87. The van der Waals surface area contributed by atoms with Crippen LogP contribution in [0.5, 0.6) is 0 Å². The fourth-order valence-corrected chi connectivity index (χ4v) is 2.39. The lowest BCUT2D eigenvalue weighted by molar-refractivity contribution is 0.100. The van der Waals surface area contributed by atoms with E-state index in [0.717, 1.165) is 12.3 Å². The lowest BCUT2D eigenvalue weighted by Crippen LogP contribution is -2.34. The van der Waals surface area contributed by atoms with Gasteiger partial charge in [-0.2, -0.15) is 5.10 Å². The van der Waals surface area contributed by atoms with Gasteiger partial charge in [0.2, 0.25) is 0 Å². The first-order chi connectivity index (χ1) is 14.0. The third kappa shape index (κ3) is 6.23. The number of hydrogen-bond donors (Lipinski definition) is 6. The number of carbonyl (C=O) groups is 1. The molecule has 0 aliphatic carbocycles. The number of hydrogen-bond acceptors (Lipinski definition) is 9. The van der Waals surface area contributed by atoms with E-state index in [1.54, 1.807) is 24.3 Å². The van der Waals surface area contributed by atoms with E-state index in [1.807, 2.05) is 0 Å². The number of hydrazone groups is 1. The lowest BCUT2D eigenvalue weighted by Gasteiger charge is -2.18. The Morgan fingerprint density at radius 1 is 1.38 bits per heavy atom. The molecule has 1 amide bonds. The Hall–Kier alpha value is -3.57. The van der Waals surface area contributed by atoms with Gasteiger partial charge in [-0.05, 0) is 24.3 Å². The van der Waals surface area contributed by atoms with Crippen LogP contribution in [0.4, 0.5) is 27.4 Å². The molecule has 2 rings (SSSR count). The van der Waals surface area contributed by atoms with E-state index in [4.69, 9.17) is 21.6 Å². The lowest BCUT2D eigenvalue weighted by atomic mass is 10.2. The van der Waals surface area contributed by atoms with Gasteiger partial charge >= 0.3 is 0 Å². The fraction of sp³-hybridized carbons (Fsp3) is 0.222. The molecule has 0 spiro atoms. The minimum absolute atomic E-state index is 0.0785. The summed E-state index contributed by atoms with van der Waals surface area (Å²) in [6, 6.07) is 7.55. The van der Waals surface area contributed by atoms with Crippen LogP contribution in [0.3, 0.4) is 0 Å². The number of primary amides is 1. The molecule has 0 fully saturated rings. The molecule has 0 radical (unpaired) electrons. The Kier molecular flexibility index (Phi) is 8.00. The van der Waals surface area contributed by atoms with Crippen molar-refractivity contribution >= 4 is 41.3 Å². The average molecular weight is 402 g/mol. The predicted octanol–water partition coefficient (Wildman–Crippen LogP) is 1.50. The summed E-state index contributed by atoms with van der Waals surface area (Å²) in [4.78, 5) is 15.9. The van der Waals surface area contributed by atoms with Gasteiger partial charge in [-0.25, -0.2) is 9.37 Å². The smallest absolute Gasteiger partial charge is 0.252 e. The molecule has 1 heterocycles. The van der Waals surface area contributed by atoms with Crippen molar-refractivity contribution in [2.24, 2.45) is 16.6 Å². The van der Waals surface area contributed by atoms with Crippen LogP contribution in [-0.4, -0.2) is 49.6 Å². The van der Waals surface area contributed by atoms with Crippen LogP contribution in [0.15, 0.2) is 35.4 Å². The zero-order valence-electron chi connectivity index (χ0n) is 15.8. The average Bonchev–Trinajstić information content (AvgIpc) is 2.70. The largest absolute Gasteiger partial charge is 0.383 e. The summed E-state index contributed by atoms with van der Waals surface area (Å²) in [7, 11) is 1.50. The summed E-state index contributed by atoms with van der Waals surface area (Å²) in [5.41, 5.74) is 14.8. The summed E-state index contributed by atoms with van der Waals surface area (Å²) in [5, 5.41) is 16.6. The zero-order valence-corrected chi connectivity index (χ0v) is 15.8. The molecule has 1 aromatic carbocycles. The quantitative estimate of drug-likeness (QED) is 0.245. The fourth-order valence-electron chi connectivity index (χ4n) is 2.39. The summed E-state index contributed by atoms with van der Waals surface area (Å²) in [5.74, 6) is -1.58. The molecular weight excluding hydrogens is 379 g/mol. The van der Waals surface area contributed by atoms with Gasteiger partial charge in [0, 0.05) is 25.6 Å². The zero-order chi connectivity index (χ0) is 21.2. The monoisotopic (exact) mass is 402 g/mol. The van der Waals surface area contributed by atoms with Crippen molar-refractivity contribution in [3.05, 3.63) is 41.7 Å². The summed E-state index contributed by atoms with van der Waals surface area (Å²) >= 11 is 0. The van der Waals surface area contributed by atoms with E-state index >= 15 is 0 Å². The van der Waals surface area contributed by atoms with Crippen molar-refractivity contribution in [1.29, 1.82) is 5.41 Å². The Morgan fingerprint density at radius 2 is 2.14 bits per heavy atom. The number of ether oxygens (including phenoxy) is 1. The van der Waals surface area contributed by atoms with Crippen molar-refractivity contribution in [3.8, 4) is 0 Å². The maximum atomic E-state index is 14.4. The van der Waals surface area contributed by atoms with Gasteiger partial charge < -0.3 is 32.2 Å². The number of anilines is 4. The molecule has 154 valence electrons. The number of carbonyl (C=O) groups excluding carboxylic acids is 1. The van der Waals surface area contributed by atoms with Crippen LogP contribution >= 0.6 is 0 Å². The van der Waals surface area contributed by atoms with E-state index in [0.29, 0.717) is 11.4 Å². The number of amides is 1. The van der Waals surface area contributed by atoms with Crippen LogP contribution < -0.4 is 27.5 Å². The van der Waals surface area contributed by atoms with E-state index in [2.05, 4.69) is 26.1 Å². The number of aromatic nitrogens is 1. The molecule has 0 saturated carbocycles. The molecule has 1 unspecified atom stereocenters. The van der Waals surface area contributed by atoms with Gasteiger partial charge in [0.15, 0.2) is 11.6 Å². The normalized spacial score (nSPS) is 11.8. The molecule has 0 aliphatic heterocycles. The highest BCUT2D eigenvalue weighted by Gasteiger charge is 2.18. The Balaban J connectivity index is 2.33. The maximum Gasteiger partial charge on any atom is 0.252 e. The van der Waals surface area contributed by atoms with Gasteiger partial charge in [-0.1, -0.05) is 6.07 Å². The number of benzene rings is 1. The molecule has 0 bridgehead atoms. The van der Waals surface area contributed by atoms with Crippen molar-refractivity contribution in [1.82, 2.24) is 4.98 Å². The van der Waals surface area contributed by atoms with Crippen molar-refractivity contribution < 1.29 is 13.9 Å². The second kappa shape index (κ2) is 10.7. The van der Waals surface area contributed by atoms with Gasteiger partial charge in [0.25, 0.3) is 5.91 Å². The van der Waals surface area contributed by atoms with Gasteiger partial charge in [0.1, 0.15) is 5.82 Å². The van der Waals surface area contributed by atoms with E-state index in [9.17, 15) is 9.18 Å². The SMILES string of the molecule is COCC(CN)Nc1nc(Nc2cccc(N/N=C\C=N)c2)c(C(N)=O)cc1F. The van der Waals surface area contributed by atoms with Crippen molar-refractivity contribution in [2.75, 3.05) is 36.3 Å². The number of nitrogens with zero attached hydrogens (tertiary/aromatic N) is 2. The first-order valence-electron chi connectivity index (χ1n) is 8.59. The summed E-state index contributed by atoms with van der Waals surface area (Å²) in [6.07, 6.45) is 2.31. The van der Waals surface area contributed by atoms with Crippen LogP contribution in [0.2, 0.25) is 0 Å². The van der Waals surface area contributed by atoms with Gasteiger partial charge in [-0.15, -0.1) is 0 Å². The molecule has 2 aromatic rings. The van der Waals surface area contributed by atoms with Gasteiger partial charge in [0.05, 0.1) is 30.1 Å². The standard InChI is InChI=1S/C18H23FN8O2/c1-29-10-13(9-21)25-18-15(19)8-14(16(22)28)17(26-18)24-11-3-2-4-12(7-11)27-23-6-5-20/h2-8,13,20,27H,9-10,21H2,1H3,(H2,22,28)(H2,24,25,26)/b20-5?,23-6-. The van der Waals surface area contributed by atoms with Crippen LogP contribution in [0, 0.1) is 11.2 Å². The third-order valence-corrected chi connectivity index (χ3v) is 3.70. The molecule has 1 aromatic heterocycles. The topological polar surface area (TPSA) is 164 Å². The summed E-state index contributed by atoms with van der Waals surface area (Å²) < 4.78 is 19.5. The van der Waals surface area contributed by atoms with E-state index < -0.39 is 11.7 Å². The molecule has 29 heavy (non-hydrogen) atoms. The molecule has 11 heteroatoms. The molecule has 0 saturated heterocycles.